The van der Waals surface area contributed by atoms with Crippen molar-refractivity contribution in [1.82, 2.24) is 20.8 Å². The molecule has 2 aromatic rings. The zero-order valence-electron chi connectivity index (χ0n) is 16.7. The molecule has 11 nitrogen and oxygen atoms in total. The van der Waals surface area contributed by atoms with Gasteiger partial charge in [0.15, 0.2) is 0 Å². The predicted molar refractivity (Wildman–Crippen MR) is 110 cm³/mol. The summed E-state index contributed by atoms with van der Waals surface area (Å²) in [6.45, 7) is 0. The maximum atomic E-state index is 12.4. The van der Waals surface area contributed by atoms with E-state index in [1.54, 1.807) is 0 Å². The Hall–Kier alpha value is -3.25. The number of amides is 2. The zero-order valence-corrected chi connectivity index (χ0v) is 17.5. The van der Waals surface area contributed by atoms with Crippen molar-refractivity contribution in [2.75, 3.05) is 30.0 Å². The molecule has 160 valence electrons. The first-order chi connectivity index (χ1) is 14.2. The van der Waals surface area contributed by atoms with E-state index in [0.717, 1.165) is 23.4 Å². The Bertz CT molecular complexity index is 1070. The van der Waals surface area contributed by atoms with E-state index in [9.17, 15) is 18.0 Å². The SMILES string of the molecule is CONC(=O)c1cnc(C(=O)NC2CC2)cc1Nc1cnccc1N(C)S(C)(=O)=O. The molecule has 1 aliphatic carbocycles. The first kappa shape index (κ1) is 21.5. The fraction of sp³-hybridized carbons (Fsp3) is 0.333. The summed E-state index contributed by atoms with van der Waals surface area (Å²) >= 11 is 0. The molecule has 2 heterocycles. The molecular formula is C18H22N6O5S. The standard InChI is InChI=1S/C18H22N6O5S/c1-24(30(3,27)28)16-6-7-19-10-15(16)22-13-8-14(18(26)21-11-4-5-11)20-9-12(13)17(25)23-29-2/h6-11H,4-5H2,1-3H3,(H,20,22)(H,21,26)(H,23,25). The monoisotopic (exact) mass is 434 g/mol. The van der Waals surface area contributed by atoms with Crippen LogP contribution in [0.2, 0.25) is 0 Å². The molecule has 0 atom stereocenters. The Morgan fingerprint density at radius 1 is 1.20 bits per heavy atom. The maximum Gasteiger partial charge on any atom is 0.278 e. The van der Waals surface area contributed by atoms with Crippen molar-refractivity contribution in [3.8, 4) is 0 Å². The third kappa shape index (κ3) is 5.02. The number of nitrogens with one attached hydrogen (secondary N) is 3. The number of sulfonamides is 1. The molecule has 1 fully saturated rings. The van der Waals surface area contributed by atoms with Crippen LogP contribution in [0.15, 0.2) is 30.7 Å². The number of aromatic nitrogens is 2. The quantitative estimate of drug-likeness (QED) is 0.518. The molecule has 0 unspecified atom stereocenters. The van der Waals surface area contributed by atoms with Crippen molar-refractivity contribution in [2.45, 2.75) is 18.9 Å². The fourth-order valence-electron chi connectivity index (χ4n) is 2.58. The lowest BCUT2D eigenvalue weighted by molar-refractivity contribution is 0.0538. The smallest absolute Gasteiger partial charge is 0.278 e. The molecule has 2 aromatic heterocycles. The van der Waals surface area contributed by atoms with Crippen LogP contribution in [0.25, 0.3) is 0 Å². The minimum atomic E-state index is -3.54. The van der Waals surface area contributed by atoms with Gasteiger partial charge in [0.2, 0.25) is 10.0 Å². The van der Waals surface area contributed by atoms with Gasteiger partial charge in [0, 0.05) is 25.5 Å². The Kier molecular flexibility index (Phi) is 6.17. The molecule has 0 radical (unpaired) electrons. The second kappa shape index (κ2) is 8.63. The molecule has 0 aromatic carbocycles. The van der Waals surface area contributed by atoms with Crippen LogP contribution in [0.5, 0.6) is 0 Å². The van der Waals surface area contributed by atoms with E-state index in [2.05, 4.69) is 30.9 Å². The molecule has 30 heavy (non-hydrogen) atoms. The summed E-state index contributed by atoms with van der Waals surface area (Å²) in [5.74, 6) is -0.956. The molecule has 0 bridgehead atoms. The van der Waals surface area contributed by atoms with Crippen LogP contribution in [0.4, 0.5) is 17.1 Å². The summed E-state index contributed by atoms with van der Waals surface area (Å²) in [4.78, 5) is 37.5. The number of hydroxylamine groups is 1. The number of hydrogen-bond acceptors (Lipinski definition) is 8. The maximum absolute atomic E-state index is 12.4. The summed E-state index contributed by atoms with van der Waals surface area (Å²) in [7, 11) is -0.858. The van der Waals surface area contributed by atoms with Gasteiger partial charge in [0.25, 0.3) is 11.8 Å². The predicted octanol–water partition coefficient (Wildman–Crippen LogP) is 0.799. The highest BCUT2D eigenvalue weighted by Crippen LogP contribution is 2.30. The van der Waals surface area contributed by atoms with Crippen LogP contribution in [-0.2, 0) is 14.9 Å². The van der Waals surface area contributed by atoms with Crippen molar-refractivity contribution in [3.05, 3.63) is 42.0 Å². The van der Waals surface area contributed by atoms with E-state index in [1.165, 1.54) is 44.9 Å². The highest BCUT2D eigenvalue weighted by molar-refractivity contribution is 7.92. The van der Waals surface area contributed by atoms with Crippen molar-refractivity contribution in [2.24, 2.45) is 0 Å². The molecule has 0 aliphatic heterocycles. The lowest BCUT2D eigenvalue weighted by Crippen LogP contribution is -2.28. The van der Waals surface area contributed by atoms with Crippen LogP contribution in [0.1, 0.15) is 33.7 Å². The van der Waals surface area contributed by atoms with Crippen molar-refractivity contribution < 1.29 is 22.8 Å². The lowest BCUT2D eigenvalue weighted by Gasteiger charge is -2.21. The molecular weight excluding hydrogens is 412 g/mol. The van der Waals surface area contributed by atoms with Crippen LogP contribution in [-0.4, -0.2) is 56.7 Å². The van der Waals surface area contributed by atoms with Gasteiger partial charge in [0.05, 0.1) is 42.2 Å². The van der Waals surface area contributed by atoms with Gasteiger partial charge in [-0.05, 0) is 25.0 Å². The minimum absolute atomic E-state index is 0.0941. The molecule has 1 aliphatic rings. The van der Waals surface area contributed by atoms with E-state index < -0.39 is 15.9 Å². The number of hydrogen-bond donors (Lipinski definition) is 3. The summed E-state index contributed by atoms with van der Waals surface area (Å²) in [5.41, 5.74) is 3.27. The Morgan fingerprint density at radius 3 is 2.57 bits per heavy atom. The normalized spacial score (nSPS) is 13.4. The van der Waals surface area contributed by atoms with Gasteiger partial charge in [-0.3, -0.25) is 28.7 Å². The largest absolute Gasteiger partial charge is 0.352 e. The lowest BCUT2D eigenvalue weighted by atomic mass is 10.1. The van der Waals surface area contributed by atoms with Gasteiger partial charge in [-0.25, -0.2) is 13.9 Å². The van der Waals surface area contributed by atoms with E-state index in [1.807, 2.05) is 0 Å². The van der Waals surface area contributed by atoms with E-state index in [0.29, 0.717) is 11.4 Å². The first-order valence-corrected chi connectivity index (χ1v) is 10.8. The third-order valence-electron chi connectivity index (χ3n) is 4.39. The second-order valence-electron chi connectivity index (χ2n) is 6.75. The Balaban J connectivity index is 2.01. The summed E-state index contributed by atoms with van der Waals surface area (Å²) in [5, 5.41) is 5.82. The molecule has 0 spiro atoms. The van der Waals surface area contributed by atoms with Gasteiger partial charge in [-0.15, -0.1) is 0 Å². The molecule has 1 saturated carbocycles. The number of nitrogens with zero attached hydrogens (tertiary/aromatic N) is 3. The average molecular weight is 434 g/mol. The molecule has 12 heteroatoms. The topological polar surface area (TPSA) is 143 Å². The van der Waals surface area contributed by atoms with Crippen molar-refractivity contribution in [1.29, 1.82) is 0 Å². The van der Waals surface area contributed by atoms with Gasteiger partial charge in [0.1, 0.15) is 5.69 Å². The highest BCUT2D eigenvalue weighted by Gasteiger charge is 2.25. The fourth-order valence-corrected chi connectivity index (χ4v) is 3.10. The number of rotatable bonds is 8. The Labute approximate surface area is 173 Å². The van der Waals surface area contributed by atoms with Crippen molar-refractivity contribution in [3.63, 3.8) is 0 Å². The average Bonchev–Trinajstić information content (AvgIpc) is 3.51. The summed E-state index contributed by atoms with van der Waals surface area (Å²) in [6, 6.07) is 3.07. The second-order valence-corrected chi connectivity index (χ2v) is 8.76. The Morgan fingerprint density at radius 2 is 1.93 bits per heavy atom. The number of pyridine rings is 2. The van der Waals surface area contributed by atoms with Gasteiger partial charge in [-0.2, -0.15) is 0 Å². The van der Waals surface area contributed by atoms with Crippen LogP contribution < -0.4 is 20.4 Å². The zero-order chi connectivity index (χ0) is 21.9. The summed E-state index contributed by atoms with van der Waals surface area (Å²) in [6.07, 6.45) is 7.02. The van der Waals surface area contributed by atoms with Crippen molar-refractivity contribution >= 4 is 38.9 Å². The number of carbonyl (C=O) groups is 2. The number of anilines is 3. The van der Waals surface area contributed by atoms with Gasteiger partial charge in [-0.1, -0.05) is 0 Å². The molecule has 0 saturated heterocycles. The highest BCUT2D eigenvalue weighted by atomic mass is 32.2. The summed E-state index contributed by atoms with van der Waals surface area (Å²) < 4.78 is 25.0. The van der Waals surface area contributed by atoms with Gasteiger partial charge < -0.3 is 10.6 Å². The van der Waals surface area contributed by atoms with Crippen LogP contribution >= 0.6 is 0 Å². The molecule has 2 amide bonds. The third-order valence-corrected chi connectivity index (χ3v) is 5.58. The minimum Gasteiger partial charge on any atom is -0.352 e. The number of carbonyl (C=O) groups excluding carboxylic acids is 2. The van der Waals surface area contributed by atoms with E-state index >= 15 is 0 Å². The van der Waals surface area contributed by atoms with E-state index in [-0.39, 0.29) is 28.9 Å². The molecule has 3 N–H and O–H groups in total. The first-order valence-electron chi connectivity index (χ1n) is 9.00. The molecule has 3 rings (SSSR count). The van der Waals surface area contributed by atoms with E-state index in [4.69, 9.17) is 0 Å². The van der Waals surface area contributed by atoms with Crippen LogP contribution in [0, 0.1) is 0 Å². The van der Waals surface area contributed by atoms with Crippen LogP contribution in [0.3, 0.4) is 0 Å². The van der Waals surface area contributed by atoms with Gasteiger partial charge >= 0.3 is 0 Å².